The average molecular weight is 457 g/mol. The molecule has 0 heterocycles. The molecule has 0 aliphatic rings. The van der Waals surface area contributed by atoms with E-state index in [0.29, 0.717) is 0 Å². The van der Waals surface area contributed by atoms with E-state index >= 15 is 0 Å². The largest absolute Gasteiger partial charge is 0.456 e. The minimum absolute atomic E-state index is 0.00283. The molecule has 0 saturated heterocycles. The van der Waals surface area contributed by atoms with Crippen molar-refractivity contribution < 1.29 is 57.4 Å². The number of hydrogen-bond donors (Lipinski definition) is 1. The Kier molecular flexibility index (Phi) is 5.60. The van der Waals surface area contributed by atoms with E-state index in [1.807, 2.05) is 0 Å². The molecule has 2 nitrogen and oxygen atoms in total. The van der Waals surface area contributed by atoms with Gasteiger partial charge in [-0.25, -0.2) is 0 Å². The third-order valence-corrected chi connectivity index (χ3v) is 3.50. The highest BCUT2D eigenvalue weighted by Gasteiger charge is 2.43. The Morgan fingerprint density at radius 1 is 0.533 bits per heavy atom. The smallest absolute Gasteiger partial charge is 0.420 e. The van der Waals surface area contributed by atoms with Crippen LogP contribution in [0, 0.1) is 0 Å². The lowest BCUT2D eigenvalue weighted by Crippen LogP contribution is -2.15. The first-order chi connectivity index (χ1) is 13.3. The lowest BCUT2D eigenvalue weighted by atomic mass is 10.1. The predicted molar refractivity (Wildman–Crippen MR) is 77.4 cm³/mol. The fraction of sp³-hybridized carbons (Fsp3) is 0.250. The topological polar surface area (TPSA) is 35.2 Å². The van der Waals surface area contributed by atoms with Gasteiger partial charge in [-0.3, -0.25) is 0 Å². The monoisotopic (exact) mass is 457 g/mol. The second-order valence-electron chi connectivity index (χ2n) is 5.78. The van der Waals surface area contributed by atoms with E-state index in [-0.39, 0.29) is 30.3 Å². The molecule has 2 aromatic carbocycles. The molecule has 30 heavy (non-hydrogen) atoms. The molecule has 14 heteroatoms. The number of benzene rings is 2. The number of rotatable bonds is 2. The maximum atomic E-state index is 13.2. The summed E-state index contributed by atoms with van der Waals surface area (Å²) >= 11 is 0. The highest BCUT2D eigenvalue weighted by Crippen LogP contribution is 2.48. The Bertz CT molecular complexity index is 870. The van der Waals surface area contributed by atoms with Gasteiger partial charge in [0.15, 0.2) is 5.75 Å². The summed E-state index contributed by atoms with van der Waals surface area (Å²) in [4.78, 5) is 0. The second kappa shape index (κ2) is 7.16. The van der Waals surface area contributed by atoms with Crippen molar-refractivity contribution in [2.45, 2.75) is 24.7 Å². The average Bonchev–Trinajstić information content (AvgIpc) is 2.52. The molecule has 166 valence electrons. The number of anilines is 1. The minimum Gasteiger partial charge on any atom is -0.456 e. The van der Waals surface area contributed by atoms with Crippen LogP contribution in [-0.4, -0.2) is 0 Å². The van der Waals surface area contributed by atoms with Crippen LogP contribution in [0.4, 0.5) is 58.4 Å². The van der Waals surface area contributed by atoms with Crippen LogP contribution in [0.25, 0.3) is 0 Å². The van der Waals surface area contributed by atoms with Crippen molar-refractivity contribution in [3.8, 4) is 11.5 Å². The number of halogens is 12. The fourth-order valence-corrected chi connectivity index (χ4v) is 2.29. The third kappa shape index (κ3) is 5.21. The molecule has 0 unspecified atom stereocenters. The van der Waals surface area contributed by atoms with Gasteiger partial charge in [-0.1, -0.05) is 0 Å². The highest BCUT2D eigenvalue weighted by atomic mass is 19.4. The Balaban J connectivity index is 2.79. The van der Waals surface area contributed by atoms with Crippen LogP contribution in [0.15, 0.2) is 30.3 Å². The minimum atomic E-state index is -5.53. The van der Waals surface area contributed by atoms with Gasteiger partial charge >= 0.3 is 24.7 Å². The molecule has 0 radical (unpaired) electrons. The van der Waals surface area contributed by atoms with E-state index in [2.05, 4.69) is 4.74 Å². The van der Waals surface area contributed by atoms with Crippen molar-refractivity contribution in [1.82, 2.24) is 0 Å². The number of ether oxygens (including phenoxy) is 1. The summed E-state index contributed by atoms with van der Waals surface area (Å²) < 4.78 is 161. The maximum absolute atomic E-state index is 13.2. The normalized spacial score (nSPS) is 13.5. The van der Waals surface area contributed by atoms with Crippen LogP contribution in [0.3, 0.4) is 0 Å². The van der Waals surface area contributed by atoms with Gasteiger partial charge in [0.05, 0.1) is 11.1 Å². The van der Waals surface area contributed by atoms with Crippen molar-refractivity contribution in [2.24, 2.45) is 0 Å². The van der Waals surface area contributed by atoms with Crippen LogP contribution >= 0.6 is 0 Å². The molecular weight excluding hydrogens is 450 g/mol. The quantitative estimate of drug-likeness (QED) is 0.385. The van der Waals surface area contributed by atoms with Gasteiger partial charge in [0, 0.05) is 5.69 Å². The number of nitrogens with two attached hydrogens (primary N) is 1. The summed E-state index contributed by atoms with van der Waals surface area (Å²) in [5, 5.41) is 0. The summed E-state index contributed by atoms with van der Waals surface area (Å²) in [6, 6.07) is -0.686. The molecule has 0 spiro atoms. The van der Waals surface area contributed by atoms with Gasteiger partial charge in [-0.15, -0.1) is 0 Å². The van der Waals surface area contributed by atoms with Crippen molar-refractivity contribution in [3.63, 3.8) is 0 Å². The Hall–Kier alpha value is -2.80. The Morgan fingerprint density at radius 2 is 0.900 bits per heavy atom. The summed E-state index contributed by atoms with van der Waals surface area (Å²) in [7, 11) is 0. The molecule has 0 bridgehead atoms. The van der Waals surface area contributed by atoms with Gasteiger partial charge in [-0.2, -0.15) is 52.7 Å². The molecule has 2 rings (SSSR count). The van der Waals surface area contributed by atoms with Crippen LogP contribution < -0.4 is 10.5 Å². The zero-order chi connectivity index (χ0) is 23.3. The van der Waals surface area contributed by atoms with E-state index in [0.717, 1.165) is 0 Å². The molecule has 0 amide bonds. The molecule has 2 aromatic rings. The lowest BCUT2D eigenvalue weighted by Gasteiger charge is -2.21. The van der Waals surface area contributed by atoms with Crippen LogP contribution in [0.2, 0.25) is 0 Å². The van der Waals surface area contributed by atoms with Crippen molar-refractivity contribution >= 4 is 5.69 Å². The highest BCUT2D eigenvalue weighted by molar-refractivity contribution is 5.57. The summed E-state index contributed by atoms with van der Waals surface area (Å²) in [6.07, 6.45) is -21.9. The van der Waals surface area contributed by atoms with Gasteiger partial charge in [0.1, 0.15) is 16.9 Å². The van der Waals surface area contributed by atoms with Crippen molar-refractivity contribution in [3.05, 3.63) is 52.6 Å². The molecule has 0 aliphatic carbocycles. The third-order valence-electron chi connectivity index (χ3n) is 3.50. The van der Waals surface area contributed by atoms with Crippen LogP contribution in [0.5, 0.6) is 11.5 Å². The van der Waals surface area contributed by atoms with E-state index in [1.54, 1.807) is 0 Å². The number of alkyl halides is 12. The molecular formula is C16H7F12NO. The summed E-state index contributed by atoms with van der Waals surface area (Å²) in [5.41, 5.74) is -4.25. The van der Waals surface area contributed by atoms with Crippen LogP contribution in [0.1, 0.15) is 22.3 Å². The van der Waals surface area contributed by atoms with E-state index in [9.17, 15) is 52.7 Å². The van der Waals surface area contributed by atoms with Gasteiger partial charge < -0.3 is 10.5 Å². The predicted octanol–water partition coefficient (Wildman–Crippen LogP) is 7.14. The van der Waals surface area contributed by atoms with Gasteiger partial charge in [0.2, 0.25) is 0 Å². The zero-order valence-corrected chi connectivity index (χ0v) is 13.9. The molecule has 0 aromatic heterocycles. The summed E-state index contributed by atoms with van der Waals surface area (Å²) in [6.45, 7) is 0. The number of nitrogen functional groups attached to an aromatic ring is 1. The first-order valence-electron chi connectivity index (χ1n) is 7.35. The Morgan fingerprint density at radius 3 is 1.20 bits per heavy atom. The van der Waals surface area contributed by atoms with E-state index in [1.165, 1.54) is 0 Å². The van der Waals surface area contributed by atoms with Crippen molar-refractivity contribution in [1.29, 1.82) is 0 Å². The molecule has 0 atom stereocenters. The molecule has 2 N–H and O–H groups in total. The van der Waals surface area contributed by atoms with Crippen LogP contribution in [-0.2, 0) is 24.7 Å². The van der Waals surface area contributed by atoms with E-state index < -0.39 is 64.1 Å². The fourth-order valence-electron chi connectivity index (χ4n) is 2.29. The lowest BCUT2D eigenvalue weighted by molar-refractivity contribution is -0.146. The number of hydrogen-bond acceptors (Lipinski definition) is 2. The molecule has 0 fully saturated rings. The van der Waals surface area contributed by atoms with Crippen molar-refractivity contribution in [2.75, 3.05) is 5.73 Å². The first kappa shape index (κ1) is 23.5. The van der Waals surface area contributed by atoms with Gasteiger partial charge in [0.25, 0.3) is 0 Å². The first-order valence-corrected chi connectivity index (χ1v) is 7.35. The molecule has 0 aliphatic heterocycles. The zero-order valence-electron chi connectivity index (χ0n) is 13.9. The standard InChI is InChI=1S/C16H7F12NO/c17-13(18,19)6-1-7(14(20,21)22)3-9(2-6)30-12-10(15(23,24)25)4-8(29)5-11(12)16(26,27)28/h1-5H,29H2. The van der Waals surface area contributed by atoms with E-state index in [4.69, 9.17) is 5.73 Å². The summed E-state index contributed by atoms with van der Waals surface area (Å²) in [5.74, 6) is -3.59. The SMILES string of the molecule is Nc1cc(C(F)(F)F)c(Oc2cc(C(F)(F)F)cc(C(F)(F)F)c2)c(C(F)(F)F)c1. The second-order valence-corrected chi connectivity index (χ2v) is 5.78. The molecule has 0 saturated carbocycles. The Labute approximate surface area is 158 Å². The van der Waals surface area contributed by atoms with Gasteiger partial charge in [-0.05, 0) is 30.3 Å². The maximum Gasteiger partial charge on any atom is 0.420 e.